The van der Waals surface area contributed by atoms with Crippen molar-refractivity contribution in [1.82, 2.24) is 14.9 Å². The third-order valence-electron chi connectivity index (χ3n) is 5.35. The van der Waals surface area contributed by atoms with Crippen LogP contribution in [0.15, 0.2) is 46.0 Å². The molecule has 0 saturated carbocycles. The SMILES string of the molecule is CCn1c(=O)[nH]c2cc(C(=O)NC3CCCc4cc(N)ccc43)ccc2c1=O.Cl. The predicted octanol–water partition coefficient (Wildman–Crippen LogP) is 2.52. The number of aromatic amines is 1. The number of halogens is 1. The second-order valence-electron chi connectivity index (χ2n) is 7.12. The lowest BCUT2D eigenvalue weighted by atomic mass is 9.87. The first-order chi connectivity index (χ1) is 13.5. The van der Waals surface area contributed by atoms with E-state index in [1.54, 1.807) is 25.1 Å². The van der Waals surface area contributed by atoms with Crippen molar-refractivity contribution in [2.24, 2.45) is 0 Å². The molecule has 1 aliphatic rings. The number of hydrogen-bond acceptors (Lipinski definition) is 4. The van der Waals surface area contributed by atoms with E-state index in [2.05, 4.69) is 10.3 Å². The van der Waals surface area contributed by atoms with Crippen LogP contribution >= 0.6 is 12.4 Å². The quantitative estimate of drug-likeness (QED) is 0.572. The lowest BCUT2D eigenvalue weighted by Crippen LogP contribution is -2.34. The van der Waals surface area contributed by atoms with Crippen molar-refractivity contribution >= 4 is 34.9 Å². The second kappa shape index (κ2) is 8.13. The molecule has 1 heterocycles. The first kappa shape index (κ1) is 20.7. The normalized spacial score (nSPS) is 15.4. The first-order valence-electron chi connectivity index (χ1n) is 9.44. The van der Waals surface area contributed by atoms with E-state index in [4.69, 9.17) is 5.73 Å². The average molecular weight is 415 g/mol. The number of fused-ring (bicyclic) bond motifs is 2. The van der Waals surface area contributed by atoms with E-state index in [0.717, 1.165) is 35.1 Å². The van der Waals surface area contributed by atoms with Gasteiger partial charge >= 0.3 is 5.69 Å². The van der Waals surface area contributed by atoms with Crippen LogP contribution in [0.25, 0.3) is 10.9 Å². The Morgan fingerprint density at radius 2 is 2.03 bits per heavy atom. The van der Waals surface area contributed by atoms with E-state index in [1.807, 2.05) is 18.2 Å². The molecule has 0 bridgehead atoms. The highest BCUT2D eigenvalue weighted by Crippen LogP contribution is 2.31. The Kier molecular flexibility index (Phi) is 5.79. The molecule has 7 nitrogen and oxygen atoms in total. The van der Waals surface area contributed by atoms with Crippen molar-refractivity contribution in [2.75, 3.05) is 5.73 Å². The molecule has 29 heavy (non-hydrogen) atoms. The van der Waals surface area contributed by atoms with E-state index in [1.165, 1.54) is 5.56 Å². The number of carbonyl (C=O) groups is 1. The second-order valence-corrected chi connectivity index (χ2v) is 7.12. The summed E-state index contributed by atoms with van der Waals surface area (Å²) in [4.78, 5) is 39.9. The van der Waals surface area contributed by atoms with Crippen LogP contribution in [0.3, 0.4) is 0 Å². The summed E-state index contributed by atoms with van der Waals surface area (Å²) in [6.07, 6.45) is 2.78. The molecule has 0 fully saturated rings. The topological polar surface area (TPSA) is 110 Å². The van der Waals surface area contributed by atoms with Crippen molar-refractivity contribution in [3.63, 3.8) is 0 Å². The van der Waals surface area contributed by atoms with Gasteiger partial charge in [0.25, 0.3) is 11.5 Å². The van der Waals surface area contributed by atoms with E-state index in [9.17, 15) is 14.4 Å². The number of hydrogen-bond donors (Lipinski definition) is 3. The molecular weight excluding hydrogens is 392 g/mol. The molecule has 4 rings (SSSR count). The molecule has 0 aliphatic heterocycles. The minimum absolute atomic E-state index is 0. The van der Waals surface area contributed by atoms with Crippen LogP contribution in [0.5, 0.6) is 0 Å². The summed E-state index contributed by atoms with van der Waals surface area (Å²) >= 11 is 0. The average Bonchev–Trinajstić information content (AvgIpc) is 2.67. The Morgan fingerprint density at radius 3 is 2.79 bits per heavy atom. The summed E-state index contributed by atoms with van der Waals surface area (Å²) in [7, 11) is 0. The zero-order valence-corrected chi connectivity index (χ0v) is 16.8. The number of aryl methyl sites for hydroxylation is 1. The number of nitrogens with one attached hydrogen (secondary N) is 2. The summed E-state index contributed by atoms with van der Waals surface area (Å²) in [5.41, 5.74) is 8.79. The highest BCUT2D eigenvalue weighted by Gasteiger charge is 2.22. The number of rotatable bonds is 3. The molecule has 0 saturated heterocycles. The molecule has 1 unspecified atom stereocenters. The maximum Gasteiger partial charge on any atom is 0.328 e. The molecule has 3 aromatic rings. The van der Waals surface area contributed by atoms with Gasteiger partial charge in [-0.25, -0.2) is 4.79 Å². The molecule has 1 amide bonds. The number of aromatic nitrogens is 2. The third kappa shape index (κ3) is 3.78. The van der Waals surface area contributed by atoms with E-state index in [0.29, 0.717) is 16.5 Å². The van der Waals surface area contributed by atoms with Crippen molar-refractivity contribution in [2.45, 2.75) is 38.8 Å². The van der Waals surface area contributed by atoms with Crippen molar-refractivity contribution < 1.29 is 4.79 Å². The van der Waals surface area contributed by atoms with Crippen LogP contribution in [0.4, 0.5) is 5.69 Å². The summed E-state index contributed by atoms with van der Waals surface area (Å²) in [5.74, 6) is -0.239. The van der Waals surface area contributed by atoms with Gasteiger partial charge in [-0.2, -0.15) is 0 Å². The molecule has 1 atom stereocenters. The van der Waals surface area contributed by atoms with Gasteiger partial charge in [0.15, 0.2) is 0 Å². The van der Waals surface area contributed by atoms with Gasteiger partial charge in [-0.1, -0.05) is 6.07 Å². The lowest BCUT2D eigenvalue weighted by Gasteiger charge is -2.26. The van der Waals surface area contributed by atoms with Crippen LogP contribution in [-0.2, 0) is 13.0 Å². The van der Waals surface area contributed by atoms with Gasteiger partial charge in [-0.05, 0) is 67.6 Å². The molecule has 1 aliphatic carbocycles. The molecule has 0 spiro atoms. The monoisotopic (exact) mass is 414 g/mol. The summed E-state index contributed by atoms with van der Waals surface area (Å²) in [6, 6.07) is 10.5. The minimum atomic E-state index is -0.476. The van der Waals surface area contributed by atoms with Gasteiger partial charge in [-0.3, -0.25) is 14.2 Å². The van der Waals surface area contributed by atoms with Crippen LogP contribution in [0.1, 0.15) is 47.3 Å². The van der Waals surface area contributed by atoms with Gasteiger partial charge in [0.2, 0.25) is 0 Å². The molecule has 8 heteroatoms. The maximum atomic E-state index is 12.8. The maximum absolute atomic E-state index is 12.8. The van der Waals surface area contributed by atoms with Gasteiger partial charge < -0.3 is 16.0 Å². The van der Waals surface area contributed by atoms with E-state index < -0.39 is 5.69 Å². The standard InChI is InChI=1S/C21H22N4O3.ClH/c1-2-25-20(27)16-8-6-13(11-18(16)24-21(25)28)19(26)23-17-5-3-4-12-10-14(22)7-9-15(12)17;/h6-11,17H,2-5,22H2,1H3,(H,23,26)(H,24,28);1H. The number of benzene rings is 2. The highest BCUT2D eigenvalue weighted by molar-refractivity contribution is 5.97. The van der Waals surface area contributed by atoms with Gasteiger partial charge in [0, 0.05) is 17.8 Å². The van der Waals surface area contributed by atoms with Crippen LogP contribution < -0.4 is 22.3 Å². The molecule has 0 radical (unpaired) electrons. The van der Waals surface area contributed by atoms with Gasteiger partial charge in [0.1, 0.15) is 0 Å². The molecule has 2 aromatic carbocycles. The number of anilines is 1. The summed E-state index contributed by atoms with van der Waals surface area (Å²) in [5, 5.41) is 3.46. The largest absolute Gasteiger partial charge is 0.399 e. The number of H-pyrrole nitrogens is 1. The van der Waals surface area contributed by atoms with Crippen LogP contribution in [-0.4, -0.2) is 15.5 Å². The zero-order chi connectivity index (χ0) is 19.8. The fraction of sp³-hybridized carbons (Fsp3) is 0.286. The number of nitrogens with zero attached hydrogens (tertiary/aromatic N) is 1. The van der Waals surface area contributed by atoms with Crippen molar-refractivity contribution in [1.29, 1.82) is 0 Å². The number of nitrogens with two attached hydrogens (primary N) is 1. The molecule has 152 valence electrons. The summed E-state index contributed by atoms with van der Waals surface area (Å²) < 4.78 is 1.13. The fourth-order valence-electron chi connectivity index (χ4n) is 3.91. The van der Waals surface area contributed by atoms with Crippen LogP contribution in [0.2, 0.25) is 0 Å². The minimum Gasteiger partial charge on any atom is -0.399 e. The molecule has 1 aromatic heterocycles. The zero-order valence-electron chi connectivity index (χ0n) is 16.0. The smallest absolute Gasteiger partial charge is 0.328 e. The summed E-state index contributed by atoms with van der Waals surface area (Å²) in [6.45, 7) is 2.03. The van der Waals surface area contributed by atoms with Crippen molar-refractivity contribution in [3.8, 4) is 0 Å². The number of carbonyl (C=O) groups excluding carboxylic acids is 1. The molecular formula is C21H23ClN4O3. The Morgan fingerprint density at radius 1 is 1.24 bits per heavy atom. The third-order valence-corrected chi connectivity index (χ3v) is 5.35. The van der Waals surface area contributed by atoms with Gasteiger partial charge in [-0.15, -0.1) is 12.4 Å². The lowest BCUT2D eigenvalue weighted by molar-refractivity contribution is 0.0933. The van der Waals surface area contributed by atoms with E-state index in [-0.39, 0.29) is 36.5 Å². The first-order valence-corrected chi connectivity index (χ1v) is 9.44. The Bertz CT molecular complexity index is 1200. The number of amides is 1. The van der Waals surface area contributed by atoms with Gasteiger partial charge in [0.05, 0.1) is 16.9 Å². The predicted molar refractivity (Wildman–Crippen MR) is 116 cm³/mol. The highest BCUT2D eigenvalue weighted by atomic mass is 35.5. The van der Waals surface area contributed by atoms with Crippen molar-refractivity contribution in [3.05, 3.63) is 73.9 Å². The fourth-order valence-corrected chi connectivity index (χ4v) is 3.91. The molecule has 4 N–H and O–H groups in total. The van der Waals surface area contributed by atoms with Crippen LogP contribution in [0, 0.1) is 0 Å². The van der Waals surface area contributed by atoms with E-state index >= 15 is 0 Å². The number of nitrogen functional groups attached to an aromatic ring is 1. The Hall–Kier alpha value is -3.06. The Labute approximate surface area is 173 Å². The Balaban J connectivity index is 0.00000240.